The lowest BCUT2D eigenvalue weighted by molar-refractivity contribution is 0.400. The van der Waals surface area contributed by atoms with Crippen molar-refractivity contribution in [2.24, 2.45) is 11.8 Å². The van der Waals surface area contributed by atoms with Gasteiger partial charge in [-0.05, 0) is 42.9 Å². The van der Waals surface area contributed by atoms with Crippen LogP contribution in [0.1, 0.15) is 54.8 Å². The monoisotopic (exact) mass is 232 g/mol. The predicted molar refractivity (Wildman–Crippen MR) is 72.6 cm³/mol. The van der Waals surface area contributed by atoms with Gasteiger partial charge in [-0.15, -0.1) is 0 Å². The molecule has 1 fully saturated rings. The SMILES string of the molecule is Cc1ccc(C(CC2CCCC2)NN)cc1C. The van der Waals surface area contributed by atoms with E-state index in [-0.39, 0.29) is 0 Å². The molecule has 17 heavy (non-hydrogen) atoms. The van der Waals surface area contributed by atoms with E-state index in [4.69, 9.17) is 5.84 Å². The maximum absolute atomic E-state index is 5.72. The molecule has 0 heterocycles. The van der Waals surface area contributed by atoms with Gasteiger partial charge in [0.2, 0.25) is 0 Å². The van der Waals surface area contributed by atoms with Crippen molar-refractivity contribution in [3.05, 3.63) is 34.9 Å². The molecule has 1 aromatic rings. The molecule has 0 radical (unpaired) electrons. The van der Waals surface area contributed by atoms with Crippen LogP contribution in [-0.4, -0.2) is 0 Å². The standard InChI is InChI=1S/C15H24N2/c1-11-7-8-14(9-12(11)2)15(17-16)10-13-5-3-4-6-13/h7-9,13,15,17H,3-6,10,16H2,1-2H3. The van der Waals surface area contributed by atoms with Crippen LogP contribution < -0.4 is 11.3 Å². The lowest BCUT2D eigenvalue weighted by Crippen LogP contribution is -2.29. The molecule has 0 bridgehead atoms. The van der Waals surface area contributed by atoms with Gasteiger partial charge in [0.1, 0.15) is 0 Å². The third-order valence-electron chi connectivity index (χ3n) is 4.18. The van der Waals surface area contributed by atoms with Crippen molar-refractivity contribution in [1.82, 2.24) is 5.43 Å². The van der Waals surface area contributed by atoms with Crippen molar-refractivity contribution >= 4 is 0 Å². The van der Waals surface area contributed by atoms with Gasteiger partial charge in [0.05, 0.1) is 0 Å². The third kappa shape index (κ3) is 3.08. The number of aryl methyl sites for hydroxylation is 2. The highest BCUT2D eigenvalue weighted by atomic mass is 15.2. The number of nitrogens with one attached hydrogen (secondary N) is 1. The highest BCUT2D eigenvalue weighted by Gasteiger charge is 2.20. The first-order chi connectivity index (χ1) is 8.20. The number of benzene rings is 1. The van der Waals surface area contributed by atoms with Crippen molar-refractivity contribution in [2.45, 2.75) is 52.0 Å². The van der Waals surface area contributed by atoms with E-state index >= 15 is 0 Å². The molecule has 1 saturated carbocycles. The summed E-state index contributed by atoms with van der Waals surface area (Å²) in [4.78, 5) is 0. The zero-order valence-corrected chi connectivity index (χ0v) is 11.0. The molecule has 1 atom stereocenters. The summed E-state index contributed by atoms with van der Waals surface area (Å²) in [5.41, 5.74) is 7.04. The third-order valence-corrected chi connectivity index (χ3v) is 4.18. The minimum absolute atomic E-state index is 0.317. The molecule has 0 saturated heterocycles. The smallest absolute Gasteiger partial charge is 0.0462 e. The highest BCUT2D eigenvalue weighted by molar-refractivity contribution is 5.31. The zero-order chi connectivity index (χ0) is 12.3. The van der Waals surface area contributed by atoms with Gasteiger partial charge in [-0.25, -0.2) is 0 Å². The molecule has 0 aliphatic heterocycles. The summed E-state index contributed by atoms with van der Waals surface area (Å²) in [7, 11) is 0. The minimum Gasteiger partial charge on any atom is -0.271 e. The Morgan fingerprint density at radius 3 is 2.53 bits per heavy atom. The molecule has 1 aliphatic carbocycles. The maximum Gasteiger partial charge on any atom is 0.0462 e. The molecule has 0 amide bonds. The summed E-state index contributed by atoms with van der Waals surface area (Å²) in [5, 5.41) is 0. The van der Waals surface area contributed by atoms with E-state index < -0.39 is 0 Å². The second-order valence-corrected chi connectivity index (χ2v) is 5.45. The minimum atomic E-state index is 0.317. The number of nitrogens with two attached hydrogens (primary N) is 1. The van der Waals surface area contributed by atoms with Gasteiger partial charge in [0, 0.05) is 6.04 Å². The van der Waals surface area contributed by atoms with Crippen LogP contribution in [0, 0.1) is 19.8 Å². The molecule has 3 N–H and O–H groups in total. The van der Waals surface area contributed by atoms with Crippen LogP contribution in [0.3, 0.4) is 0 Å². The summed E-state index contributed by atoms with van der Waals surface area (Å²) in [6, 6.07) is 7.00. The van der Waals surface area contributed by atoms with Crippen LogP contribution in [0.4, 0.5) is 0 Å². The van der Waals surface area contributed by atoms with Crippen molar-refractivity contribution in [3.8, 4) is 0 Å². The van der Waals surface area contributed by atoms with Gasteiger partial charge in [0.25, 0.3) is 0 Å². The van der Waals surface area contributed by atoms with Crippen LogP contribution >= 0.6 is 0 Å². The van der Waals surface area contributed by atoms with Gasteiger partial charge in [-0.3, -0.25) is 11.3 Å². The number of hydrazine groups is 1. The summed E-state index contributed by atoms with van der Waals surface area (Å²) in [5.74, 6) is 6.58. The fraction of sp³-hybridized carbons (Fsp3) is 0.600. The predicted octanol–water partition coefficient (Wildman–Crippen LogP) is 3.39. The van der Waals surface area contributed by atoms with Gasteiger partial charge in [0.15, 0.2) is 0 Å². The number of rotatable bonds is 4. The van der Waals surface area contributed by atoms with Gasteiger partial charge in [-0.1, -0.05) is 43.9 Å². The van der Waals surface area contributed by atoms with Crippen molar-refractivity contribution in [2.75, 3.05) is 0 Å². The Morgan fingerprint density at radius 2 is 1.94 bits per heavy atom. The first kappa shape index (κ1) is 12.6. The second kappa shape index (κ2) is 5.65. The Hall–Kier alpha value is -0.860. The van der Waals surface area contributed by atoms with E-state index in [1.165, 1.54) is 48.8 Å². The molecule has 2 heteroatoms. The van der Waals surface area contributed by atoms with Crippen LogP contribution in [0.2, 0.25) is 0 Å². The highest BCUT2D eigenvalue weighted by Crippen LogP contribution is 2.33. The largest absolute Gasteiger partial charge is 0.271 e. The van der Waals surface area contributed by atoms with Gasteiger partial charge in [-0.2, -0.15) is 0 Å². The maximum atomic E-state index is 5.72. The Labute approximate surface area is 105 Å². The van der Waals surface area contributed by atoms with E-state index in [0.29, 0.717) is 6.04 Å². The lowest BCUT2D eigenvalue weighted by Gasteiger charge is -2.21. The van der Waals surface area contributed by atoms with E-state index in [0.717, 1.165) is 5.92 Å². The van der Waals surface area contributed by atoms with E-state index in [2.05, 4.69) is 37.5 Å². The first-order valence-corrected chi connectivity index (χ1v) is 6.74. The van der Waals surface area contributed by atoms with Crippen LogP contribution in [0.5, 0.6) is 0 Å². The summed E-state index contributed by atoms with van der Waals surface area (Å²) < 4.78 is 0. The molecule has 0 aromatic heterocycles. The molecule has 1 aliphatic rings. The molecule has 1 unspecified atom stereocenters. The molecule has 2 rings (SSSR count). The fourth-order valence-corrected chi connectivity index (χ4v) is 2.86. The molecule has 0 spiro atoms. The molecule has 94 valence electrons. The number of hydrogen-bond donors (Lipinski definition) is 2. The molecule has 2 nitrogen and oxygen atoms in total. The normalized spacial score (nSPS) is 18.5. The number of hydrogen-bond acceptors (Lipinski definition) is 2. The summed E-state index contributed by atoms with van der Waals surface area (Å²) >= 11 is 0. The zero-order valence-electron chi connectivity index (χ0n) is 11.0. The summed E-state index contributed by atoms with van der Waals surface area (Å²) in [6.07, 6.45) is 6.73. The molecular weight excluding hydrogens is 208 g/mol. The Morgan fingerprint density at radius 1 is 1.24 bits per heavy atom. The quantitative estimate of drug-likeness (QED) is 0.617. The first-order valence-electron chi connectivity index (χ1n) is 6.74. The average Bonchev–Trinajstić information content (AvgIpc) is 2.82. The average molecular weight is 232 g/mol. The van der Waals surface area contributed by atoms with Crippen molar-refractivity contribution < 1.29 is 0 Å². The Bertz CT molecular complexity index is 367. The van der Waals surface area contributed by atoms with Crippen molar-refractivity contribution in [3.63, 3.8) is 0 Å². The Kier molecular flexibility index (Phi) is 4.19. The van der Waals surface area contributed by atoms with Crippen LogP contribution in [0.15, 0.2) is 18.2 Å². The van der Waals surface area contributed by atoms with Crippen molar-refractivity contribution in [1.29, 1.82) is 0 Å². The Balaban J connectivity index is 2.08. The van der Waals surface area contributed by atoms with Crippen LogP contribution in [-0.2, 0) is 0 Å². The van der Waals surface area contributed by atoms with E-state index in [1.54, 1.807) is 0 Å². The van der Waals surface area contributed by atoms with Gasteiger partial charge < -0.3 is 0 Å². The molecule has 1 aromatic carbocycles. The fourth-order valence-electron chi connectivity index (χ4n) is 2.86. The van der Waals surface area contributed by atoms with Crippen LogP contribution in [0.25, 0.3) is 0 Å². The van der Waals surface area contributed by atoms with Gasteiger partial charge >= 0.3 is 0 Å². The lowest BCUT2D eigenvalue weighted by atomic mass is 9.92. The second-order valence-electron chi connectivity index (χ2n) is 5.45. The summed E-state index contributed by atoms with van der Waals surface area (Å²) in [6.45, 7) is 4.32. The molecular formula is C15H24N2. The topological polar surface area (TPSA) is 38.0 Å². The van der Waals surface area contributed by atoms with E-state index in [9.17, 15) is 0 Å². The van der Waals surface area contributed by atoms with E-state index in [1.807, 2.05) is 0 Å².